The van der Waals surface area contributed by atoms with E-state index in [4.69, 9.17) is 21.2 Å². The molecule has 4 rings (SSSR count). The number of halogens is 1. The summed E-state index contributed by atoms with van der Waals surface area (Å²) in [5.74, 6) is -1.66. The number of ether oxygens (including phenoxy) is 1. The van der Waals surface area contributed by atoms with Crippen LogP contribution in [0.2, 0.25) is 5.02 Å². The maximum Gasteiger partial charge on any atom is 0.336 e. The van der Waals surface area contributed by atoms with Crippen molar-refractivity contribution >= 4 is 29.3 Å². The normalized spacial score (nSPS) is 11.2. The van der Waals surface area contributed by atoms with Gasteiger partial charge in [-0.25, -0.2) is 9.59 Å². The van der Waals surface area contributed by atoms with E-state index in [-0.39, 0.29) is 17.7 Å². The van der Waals surface area contributed by atoms with Gasteiger partial charge >= 0.3 is 11.9 Å². The first-order valence-corrected chi connectivity index (χ1v) is 12.8. The SMILES string of the molecule is CON=C(c1ccc(OCc2c(C)cccc2Cc2ccc(C(=O)O)cc2C(=O)O)c(C)c1)c1ccccc1Cl. The molecule has 0 saturated heterocycles. The molecule has 0 unspecified atom stereocenters. The van der Waals surface area contributed by atoms with Gasteiger partial charge in [0, 0.05) is 11.1 Å². The smallest absolute Gasteiger partial charge is 0.336 e. The maximum atomic E-state index is 11.9. The number of carbonyl (C=O) groups is 2. The molecule has 2 N–H and O–H groups in total. The van der Waals surface area contributed by atoms with Crippen molar-refractivity contribution in [2.45, 2.75) is 26.9 Å². The maximum absolute atomic E-state index is 11.9. The minimum absolute atomic E-state index is 0.0354. The molecule has 4 aromatic rings. The van der Waals surface area contributed by atoms with Crippen molar-refractivity contribution in [3.8, 4) is 5.75 Å². The second kappa shape index (κ2) is 12.5. The van der Waals surface area contributed by atoms with E-state index in [1.807, 2.05) is 68.4 Å². The third-order valence-corrected chi connectivity index (χ3v) is 6.94. The van der Waals surface area contributed by atoms with E-state index in [9.17, 15) is 19.8 Å². The lowest BCUT2D eigenvalue weighted by Gasteiger charge is -2.17. The molecule has 0 aromatic heterocycles. The lowest BCUT2D eigenvalue weighted by molar-refractivity contribution is 0.0695. The van der Waals surface area contributed by atoms with E-state index < -0.39 is 11.9 Å². The fourth-order valence-corrected chi connectivity index (χ4v) is 4.74. The number of benzene rings is 4. The highest BCUT2D eigenvalue weighted by molar-refractivity contribution is 6.35. The fourth-order valence-electron chi connectivity index (χ4n) is 4.51. The summed E-state index contributed by atoms with van der Waals surface area (Å²) in [5, 5.41) is 23.7. The van der Waals surface area contributed by atoms with Crippen LogP contribution in [0.5, 0.6) is 5.75 Å². The lowest BCUT2D eigenvalue weighted by Crippen LogP contribution is -2.09. The molecule has 7 nitrogen and oxygen atoms in total. The molecule has 0 saturated carbocycles. The quantitative estimate of drug-likeness (QED) is 0.162. The number of nitrogens with zero attached hydrogens (tertiary/aromatic N) is 1. The lowest BCUT2D eigenvalue weighted by atomic mass is 9.93. The zero-order valence-corrected chi connectivity index (χ0v) is 23.0. The Morgan fingerprint density at radius 3 is 2.23 bits per heavy atom. The summed E-state index contributed by atoms with van der Waals surface area (Å²) in [6.07, 6.45) is 0.314. The van der Waals surface area contributed by atoms with Crippen molar-refractivity contribution in [3.05, 3.63) is 134 Å². The highest BCUT2D eigenvalue weighted by Crippen LogP contribution is 2.27. The Kier molecular flexibility index (Phi) is 8.86. The molecule has 0 aliphatic rings. The molecule has 204 valence electrons. The Morgan fingerprint density at radius 1 is 0.800 bits per heavy atom. The van der Waals surface area contributed by atoms with Crippen molar-refractivity contribution in [2.75, 3.05) is 7.11 Å². The third-order valence-electron chi connectivity index (χ3n) is 6.61. The Bertz CT molecular complexity index is 1610. The van der Waals surface area contributed by atoms with Crippen molar-refractivity contribution in [3.63, 3.8) is 0 Å². The molecule has 0 fully saturated rings. The molecule has 0 amide bonds. The summed E-state index contributed by atoms with van der Waals surface area (Å²) in [5.41, 5.74) is 6.31. The van der Waals surface area contributed by atoms with Crippen LogP contribution < -0.4 is 4.74 Å². The summed E-state index contributed by atoms with van der Waals surface area (Å²) < 4.78 is 6.24. The first-order valence-electron chi connectivity index (χ1n) is 12.5. The second-order valence-electron chi connectivity index (χ2n) is 9.24. The van der Waals surface area contributed by atoms with Gasteiger partial charge in [-0.3, -0.25) is 0 Å². The third kappa shape index (κ3) is 6.33. The van der Waals surface area contributed by atoms with Gasteiger partial charge in [0.1, 0.15) is 25.2 Å². The van der Waals surface area contributed by atoms with Gasteiger partial charge in [-0.05, 0) is 84.5 Å². The van der Waals surface area contributed by atoms with Gasteiger partial charge in [0.15, 0.2) is 0 Å². The van der Waals surface area contributed by atoms with E-state index in [1.165, 1.54) is 19.2 Å². The standard InChI is InChI=1S/C32H28ClNO6/c1-19-7-6-8-21(16-22-11-12-24(31(35)36)17-26(22)32(37)38)27(19)18-40-29-14-13-23(15-20(29)2)30(34-39-3)25-9-4-5-10-28(25)33/h4-15,17H,16,18H2,1-3H3,(H,35,36)(H,37,38). The van der Waals surface area contributed by atoms with Crippen LogP contribution in [0.25, 0.3) is 0 Å². The van der Waals surface area contributed by atoms with E-state index in [1.54, 1.807) is 12.1 Å². The Balaban J connectivity index is 1.60. The average molecular weight is 558 g/mol. The van der Waals surface area contributed by atoms with Crippen LogP contribution in [-0.2, 0) is 17.9 Å². The summed E-state index contributed by atoms with van der Waals surface area (Å²) >= 11 is 6.41. The number of aromatic carboxylic acids is 2. The molecule has 0 radical (unpaired) electrons. The van der Waals surface area contributed by atoms with E-state index >= 15 is 0 Å². The van der Waals surface area contributed by atoms with Gasteiger partial charge in [-0.15, -0.1) is 0 Å². The van der Waals surface area contributed by atoms with Crippen LogP contribution in [0.4, 0.5) is 0 Å². The molecule has 40 heavy (non-hydrogen) atoms. The molecule has 0 bridgehead atoms. The highest BCUT2D eigenvalue weighted by Gasteiger charge is 2.17. The van der Waals surface area contributed by atoms with Gasteiger partial charge in [-0.2, -0.15) is 0 Å². The van der Waals surface area contributed by atoms with Gasteiger partial charge in [-0.1, -0.05) is 59.2 Å². The Labute approximate surface area is 237 Å². The topological polar surface area (TPSA) is 105 Å². The summed E-state index contributed by atoms with van der Waals surface area (Å²) in [7, 11) is 1.49. The number of rotatable bonds is 10. The van der Waals surface area contributed by atoms with Gasteiger partial charge in [0.05, 0.1) is 16.1 Å². The average Bonchev–Trinajstić information content (AvgIpc) is 2.92. The minimum Gasteiger partial charge on any atom is -0.489 e. The van der Waals surface area contributed by atoms with Crippen LogP contribution in [0.3, 0.4) is 0 Å². The molecule has 0 aliphatic heterocycles. The minimum atomic E-state index is -1.17. The molecule has 0 heterocycles. The van der Waals surface area contributed by atoms with E-state index in [0.29, 0.717) is 28.5 Å². The molecule has 8 heteroatoms. The first kappa shape index (κ1) is 28.4. The molecule has 0 aliphatic carbocycles. The Morgan fingerprint density at radius 2 is 1.55 bits per heavy atom. The number of oxime groups is 1. The molecule has 0 spiro atoms. The van der Waals surface area contributed by atoms with E-state index in [2.05, 4.69) is 5.16 Å². The number of hydrogen-bond donors (Lipinski definition) is 2. The van der Waals surface area contributed by atoms with Gasteiger partial charge in [0.25, 0.3) is 0 Å². The summed E-state index contributed by atoms with van der Waals surface area (Å²) in [4.78, 5) is 28.3. The van der Waals surface area contributed by atoms with Crippen LogP contribution in [0.1, 0.15) is 59.7 Å². The van der Waals surface area contributed by atoms with Gasteiger partial charge in [0.2, 0.25) is 0 Å². The fraction of sp³-hybridized carbons (Fsp3) is 0.156. The number of hydrogen-bond acceptors (Lipinski definition) is 5. The predicted molar refractivity (Wildman–Crippen MR) is 154 cm³/mol. The predicted octanol–water partition coefficient (Wildman–Crippen LogP) is 6.92. The van der Waals surface area contributed by atoms with Gasteiger partial charge < -0.3 is 19.8 Å². The number of carboxylic acid groups (broad SMARTS) is 2. The number of carboxylic acids is 2. The second-order valence-corrected chi connectivity index (χ2v) is 9.65. The van der Waals surface area contributed by atoms with Crippen LogP contribution in [0.15, 0.2) is 84.0 Å². The molecular formula is C32H28ClNO6. The monoisotopic (exact) mass is 557 g/mol. The van der Waals surface area contributed by atoms with Crippen LogP contribution >= 0.6 is 11.6 Å². The first-order chi connectivity index (χ1) is 19.2. The van der Waals surface area contributed by atoms with Crippen molar-refractivity contribution in [1.29, 1.82) is 0 Å². The van der Waals surface area contributed by atoms with Crippen molar-refractivity contribution in [2.24, 2.45) is 5.16 Å². The summed E-state index contributed by atoms with van der Waals surface area (Å²) in [6, 6.07) is 23.1. The number of aryl methyl sites for hydroxylation is 2. The van der Waals surface area contributed by atoms with Crippen LogP contribution in [-0.4, -0.2) is 35.0 Å². The largest absolute Gasteiger partial charge is 0.489 e. The molecule has 0 atom stereocenters. The van der Waals surface area contributed by atoms with Crippen molar-refractivity contribution in [1.82, 2.24) is 0 Å². The Hall–Kier alpha value is -4.62. The molecule has 4 aromatic carbocycles. The van der Waals surface area contributed by atoms with Crippen LogP contribution in [0, 0.1) is 13.8 Å². The van der Waals surface area contributed by atoms with E-state index in [0.717, 1.165) is 33.4 Å². The zero-order valence-electron chi connectivity index (χ0n) is 22.3. The van der Waals surface area contributed by atoms with Crippen molar-refractivity contribution < 1.29 is 29.4 Å². The summed E-state index contributed by atoms with van der Waals surface area (Å²) in [6.45, 7) is 4.18. The zero-order chi connectivity index (χ0) is 28.8. The molecular weight excluding hydrogens is 530 g/mol. The highest BCUT2D eigenvalue weighted by atomic mass is 35.5.